The molecule has 2 N–H and O–H groups in total. The Morgan fingerprint density at radius 1 is 1.62 bits per heavy atom. The molecule has 1 aromatic heterocycles. The second-order valence-corrected chi connectivity index (χ2v) is 2.96. The van der Waals surface area contributed by atoms with E-state index in [2.05, 4.69) is 10.6 Å². The Balaban J connectivity index is 2.24. The van der Waals surface area contributed by atoms with Crippen LogP contribution in [0.3, 0.4) is 0 Å². The van der Waals surface area contributed by atoms with Crippen LogP contribution in [-0.2, 0) is 18.4 Å². The van der Waals surface area contributed by atoms with Crippen molar-refractivity contribution < 1.29 is 4.79 Å². The lowest BCUT2D eigenvalue weighted by Gasteiger charge is -2.01. The lowest BCUT2D eigenvalue weighted by atomic mass is 10.3. The van der Waals surface area contributed by atoms with Crippen LogP contribution >= 0.6 is 0 Å². The van der Waals surface area contributed by atoms with E-state index < -0.39 is 0 Å². The van der Waals surface area contributed by atoms with E-state index in [9.17, 15) is 4.79 Å². The molecule has 72 valence electrons. The number of rotatable bonds is 4. The molecule has 4 nitrogen and oxygen atoms in total. The number of likely N-dealkylation sites (N-methyl/N-ethyl adjacent to an activating group) is 1. The lowest BCUT2D eigenvalue weighted by molar-refractivity contribution is -0.119. The maximum absolute atomic E-state index is 10.8. The maximum Gasteiger partial charge on any atom is 0.233 e. The minimum Gasteiger partial charge on any atom is -0.358 e. The number of hydrogen-bond donors (Lipinski definition) is 2. The molecule has 0 bridgehead atoms. The third kappa shape index (κ3) is 3.29. The van der Waals surface area contributed by atoms with Crippen molar-refractivity contribution in [1.82, 2.24) is 15.2 Å². The van der Waals surface area contributed by atoms with Gasteiger partial charge in [0.25, 0.3) is 0 Å². The van der Waals surface area contributed by atoms with Gasteiger partial charge in [0.1, 0.15) is 0 Å². The summed E-state index contributed by atoms with van der Waals surface area (Å²) in [5, 5.41) is 5.59. The van der Waals surface area contributed by atoms with Crippen LogP contribution in [0.4, 0.5) is 0 Å². The van der Waals surface area contributed by atoms with Crippen molar-refractivity contribution in [1.29, 1.82) is 0 Å². The van der Waals surface area contributed by atoms with Crippen molar-refractivity contribution in [3.05, 3.63) is 24.0 Å². The number of nitrogens with one attached hydrogen (secondary N) is 2. The lowest BCUT2D eigenvalue weighted by Crippen LogP contribution is -2.30. The van der Waals surface area contributed by atoms with Crippen molar-refractivity contribution in [2.24, 2.45) is 7.05 Å². The topological polar surface area (TPSA) is 46.1 Å². The first-order valence-electron chi connectivity index (χ1n) is 4.24. The van der Waals surface area contributed by atoms with Crippen molar-refractivity contribution in [3.63, 3.8) is 0 Å². The SMILES string of the molecule is CNC(=O)CNCc1ccn(C)c1. The molecular weight excluding hydrogens is 166 g/mol. The molecule has 1 amide bonds. The third-order valence-electron chi connectivity index (χ3n) is 1.79. The maximum atomic E-state index is 10.8. The molecule has 0 spiro atoms. The first-order chi connectivity index (χ1) is 6.22. The van der Waals surface area contributed by atoms with Gasteiger partial charge in [-0.2, -0.15) is 0 Å². The number of hydrogen-bond acceptors (Lipinski definition) is 2. The molecule has 1 aromatic rings. The molecule has 0 aliphatic heterocycles. The van der Waals surface area contributed by atoms with Crippen molar-refractivity contribution in [2.75, 3.05) is 13.6 Å². The number of aromatic nitrogens is 1. The van der Waals surface area contributed by atoms with Crippen LogP contribution in [0.5, 0.6) is 0 Å². The Morgan fingerprint density at radius 3 is 2.92 bits per heavy atom. The average molecular weight is 181 g/mol. The van der Waals surface area contributed by atoms with E-state index in [1.54, 1.807) is 7.05 Å². The van der Waals surface area contributed by atoms with Crippen LogP contribution in [-0.4, -0.2) is 24.1 Å². The number of aryl methyl sites for hydroxylation is 1. The van der Waals surface area contributed by atoms with Crippen molar-refractivity contribution in [2.45, 2.75) is 6.54 Å². The van der Waals surface area contributed by atoms with Crippen LogP contribution in [0, 0.1) is 0 Å². The van der Waals surface area contributed by atoms with Gasteiger partial charge in [-0.25, -0.2) is 0 Å². The van der Waals surface area contributed by atoms with Gasteiger partial charge in [-0.1, -0.05) is 0 Å². The Labute approximate surface area is 77.9 Å². The molecule has 1 heterocycles. The molecule has 4 heteroatoms. The zero-order chi connectivity index (χ0) is 9.68. The fraction of sp³-hybridized carbons (Fsp3) is 0.444. The minimum absolute atomic E-state index is 0.0101. The van der Waals surface area contributed by atoms with Gasteiger partial charge in [0.05, 0.1) is 6.54 Å². The zero-order valence-corrected chi connectivity index (χ0v) is 8.00. The summed E-state index contributed by atoms with van der Waals surface area (Å²) in [5.41, 5.74) is 1.19. The first kappa shape index (κ1) is 9.80. The van der Waals surface area contributed by atoms with E-state index in [0.717, 1.165) is 6.54 Å². The normalized spacial score (nSPS) is 10.0. The molecule has 0 unspecified atom stereocenters. The van der Waals surface area contributed by atoms with Gasteiger partial charge < -0.3 is 15.2 Å². The Hall–Kier alpha value is -1.29. The Bertz CT molecular complexity index is 280. The van der Waals surface area contributed by atoms with Gasteiger partial charge in [-0.05, 0) is 11.6 Å². The van der Waals surface area contributed by atoms with Gasteiger partial charge >= 0.3 is 0 Å². The van der Waals surface area contributed by atoms with Gasteiger partial charge in [0.2, 0.25) is 5.91 Å². The van der Waals surface area contributed by atoms with E-state index in [1.165, 1.54) is 5.56 Å². The molecule has 0 saturated heterocycles. The monoisotopic (exact) mass is 181 g/mol. The molecule has 0 saturated carbocycles. The summed E-state index contributed by atoms with van der Waals surface area (Å²) in [6, 6.07) is 2.02. The Morgan fingerprint density at radius 2 is 2.38 bits per heavy atom. The van der Waals surface area contributed by atoms with E-state index in [4.69, 9.17) is 0 Å². The molecule has 0 fully saturated rings. The molecule has 13 heavy (non-hydrogen) atoms. The first-order valence-corrected chi connectivity index (χ1v) is 4.24. The van der Waals surface area contributed by atoms with Crippen LogP contribution in [0.2, 0.25) is 0 Å². The number of carbonyl (C=O) groups excluding carboxylic acids is 1. The number of amides is 1. The summed E-state index contributed by atoms with van der Waals surface area (Å²) in [4.78, 5) is 10.8. The van der Waals surface area contributed by atoms with E-state index in [1.807, 2.05) is 30.1 Å². The summed E-state index contributed by atoms with van der Waals surface area (Å²) in [6.45, 7) is 1.10. The van der Waals surface area contributed by atoms with Crippen LogP contribution in [0.15, 0.2) is 18.5 Å². The van der Waals surface area contributed by atoms with Gasteiger partial charge in [-0.15, -0.1) is 0 Å². The summed E-state index contributed by atoms with van der Waals surface area (Å²) >= 11 is 0. The summed E-state index contributed by atoms with van der Waals surface area (Å²) in [5.74, 6) is 0.0101. The van der Waals surface area contributed by atoms with Crippen LogP contribution < -0.4 is 10.6 Å². The molecule has 0 radical (unpaired) electrons. The summed E-state index contributed by atoms with van der Waals surface area (Å²) in [6.07, 6.45) is 4.01. The summed E-state index contributed by atoms with van der Waals surface area (Å²) in [7, 11) is 3.61. The molecule has 0 aliphatic rings. The summed E-state index contributed by atoms with van der Waals surface area (Å²) < 4.78 is 1.98. The second-order valence-electron chi connectivity index (χ2n) is 2.96. The van der Waals surface area contributed by atoms with Gasteiger partial charge in [-0.3, -0.25) is 4.79 Å². The van der Waals surface area contributed by atoms with E-state index in [0.29, 0.717) is 6.54 Å². The molecule has 0 aliphatic carbocycles. The second kappa shape index (κ2) is 4.67. The average Bonchev–Trinajstić information content (AvgIpc) is 2.51. The largest absolute Gasteiger partial charge is 0.358 e. The fourth-order valence-electron chi connectivity index (χ4n) is 1.07. The molecule has 0 aromatic carbocycles. The predicted molar refractivity (Wildman–Crippen MR) is 51.2 cm³/mol. The van der Waals surface area contributed by atoms with E-state index in [-0.39, 0.29) is 5.91 Å². The zero-order valence-electron chi connectivity index (χ0n) is 8.00. The Kier molecular flexibility index (Phi) is 3.52. The van der Waals surface area contributed by atoms with Gasteiger partial charge in [0, 0.05) is 33.0 Å². The quantitative estimate of drug-likeness (QED) is 0.679. The number of carbonyl (C=O) groups is 1. The van der Waals surface area contributed by atoms with Crippen LogP contribution in [0.1, 0.15) is 5.56 Å². The molecular formula is C9H15N3O. The fourth-order valence-corrected chi connectivity index (χ4v) is 1.07. The predicted octanol–water partition coefficient (Wildman–Crippen LogP) is -0.139. The highest BCUT2D eigenvalue weighted by atomic mass is 16.1. The third-order valence-corrected chi connectivity index (χ3v) is 1.79. The number of nitrogens with zero attached hydrogens (tertiary/aromatic N) is 1. The smallest absolute Gasteiger partial charge is 0.233 e. The molecule has 1 rings (SSSR count). The van der Waals surface area contributed by atoms with Crippen molar-refractivity contribution in [3.8, 4) is 0 Å². The molecule has 0 atom stereocenters. The van der Waals surface area contributed by atoms with Crippen molar-refractivity contribution >= 4 is 5.91 Å². The minimum atomic E-state index is 0.0101. The van der Waals surface area contributed by atoms with Crippen LogP contribution in [0.25, 0.3) is 0 Å². The highest BCUT2D eigenvalue weighted by molar-refractivity contribution is 5.77. The van der Waals surface area contributed by atoms with Gasteiger partial charge in [0.15, 0.2) is 0 Å². The van der Waals surface area contributed by atoms with E-state index >= 15 is 0 Å². The highest BCUT2D eigenvalue weighted by Crippen LogP contribution is 1.97. The highest BCUT2D eigenvalue weighted by Gasteiger charge is 1.97. The standard InChI is InChI=1S/C9H15N3O/c1-10-9(13)6-11-5-8-3-4-12(2)7-8/h3-4,7,11H,5-6H2,1-2H3,(H,10,13).